The number of nitriles is 1. The number of nitrogens with zero attached hydrogens (tertiary/aromatic N) is 2. The van der Waals surface area contributed by atoms with Gasteiger partial charge < -0.3 is 4.74 Å². The average molecular weight is 375 g/mol. The Balaban J connectivity index is 2.18. The van der Waals surface area contributed by atoms with Crippen LogP contribution in [0.5, 0.6) is 11.6 Å². The van der Waals surface area contributed by atoms with E-state index in [2.05, 4.69) is 11.1 Å². The first-order valence-electron chi connectivity index (χ1n) is 9.03. The molecule has 2 aromatic carbocycles. The van der Waals surface area contributed by atoms with Gasteiger partial charge in [0.1, 0.15) is 5.75 Å². The molecule has 1 heterocycles. The van der Waals surface area contributed by atoms with Crippen molar-refractivity contribution in [3.63, 3.8) is 0 Å². The van der Waals surface area contributed by atoms with E-state index in [0.29, 0.717) is 28.9 Å². The molecule has 0 saturated heterocycles. The molecule has 6 nitrogen and oxygen atoms in total. The van der Waals surface area contributed by atoms with Gasteiger partial charge in [0.2, 0.25) is 5.88 Å². The van der Waals surface area contributed by atoms with Crippen molar-refractivity contribution in [1.82, 2.24) is 9.55 Å². The van der Waals surface area contributed by atoms with Crippen molar-refractivity contribution in [3.8, 4) is 17.7 Å². The first kappa shape index (κ1) is 19.2. The highest BCUT2D eigenvalue weighted by atomic mass is 16.5. The van der Waals surface area contributed by atoms with Crippen molar-refractivity contribution in [2.45, 2.75) is 33.7 Å². The molecule has 6 heteroatoms. The Bertz CT molecular complexity index is 1160. The van der Waals surface area contributed by atoms with Crippen LogP contribution in [0.2, 0.25) is 0 Å². The van der Waals surface area contributed by atoms with E-state index in [0.717, 1.165) is 11.1 Å². The quantitative estimate of drug-likeness (QED) is 0.740. The van der Waals surface area contributed by atoms with E-state index in [1.165, 1.54) is 4.57 Å². The summed E-state index contributed by atoms with van der Waals surface area (Å²) in [5.74, 6) is 0.758. The Kier molecular flexibility index (Phi) is 5.46. The Labute approximate surface area is 162 Å². The zero-order chi connectivity index (χ0) is 20.3. The molecular formula is C22H21N3O3. The van der Waals surface area contributed by atoms with Crippen molar-refractivity contribution < 1.29 is 4.74 Å². The minimum absolute atomic E-state index is 0.118. The lowest BCUT2D eigenvalue weighted by molar-refractivity contribution is 0.413. The van der Waals surface area contributed by atoms with Crippen LogP contribution >= 0.6 is 0 Å². The van der Waals surface area contributed by atoms with Gasteiger partial charge in [0, 0.05) is 0 Å². The van der Waals surface area contributed by atoms with Crippen LogP contribution in [-0.2, 0) is 13.0 Å². The number of H-pyrrole nitrogens is 1. The summed E-state index contributed by atoms with van der Waals surface area (Å²) in [6.45, 7) is 5.85. The van der Waals surface area contributed by atoms with Gasteiger partial charge in [-0.25, -0.2) is 4.79 Å². The molecule has 142 valence electrons. The van der Waals surface area contributed by atoms with Crippen LogP contribution in [0.15, 0.2) is 52.1 Å². The van der Waals surface area contributed by atoms with Gasteiger partial charge >= 0.3 is 5.69 Å². The standard InChI is InChI=1S/C22H21N3O3/c1-4-19-20(26)24-22(27)25(13-17-8-6-5-7-16(17)12-23)21(19)28-18-10-14(2)9-15(3)11-18/h5-11H,4,13H2,1-3H3,(H,24,26,27). The van der Waals surface area contributed by atoms with Crippen LogP contribution in [0.3, 0.4) is 0 Å². The Morgan fingerprint density at radius 1 is 1.11 bits per heavy atom. The van der Waals surface area contributed by atoms with Gasteiger partial charge in [0.25, 0.3) is 5.56 Å². The van der Waals surface area contributed by atoms with Gasteiger partial charge in [0.05, 0.1) is 23.7 Å². The second-order valence-corrected chi connectivity index (χ2v) is 6.68. The lowest BCUT2D eigenvalue weighted by Gasteiger charge is -2.17. The summed E-state index contributed by atoms with van der Waals surface area (Å²) >= 11 is 0. The second-order valence-electron chi connectivity index (χ2n) is 6.68. The number of hydrogen-bond acceptors (Lipinski definition) is 4. The summed E-state index contributed by atoms with van der Waals surface area (Å²) in [5, 5.41) is 9.35. The van der Waals surface area contributed by atoms with Crippen LogP contribution in [0.1, 0.15) is 34.7 Å². The van der Waals surface area contributed by atoms with Crippen molar-refractivity contribution in [3.05, 3.63) is 91.1 Å². The summed E-state index contributed by atoms with van der Waals surface area (Å²) in [6, 6.07) is 14.9. The first-order chi connectivity index (χ1) is 13.4. The van der Waals surface area contributed by atoms with Gasteiger partial charge in [-0.2, -0.15) is 5.26 Å². The third-order valence-corrected chi connectivity index (χ3v) is 4.47. The van der Waals surface area contributed by atoms with Crippen molar-refractivity contribution in [1.29, 1.82) is 5.26 Å². The van der Waals surface area contributed by atoms with E-state index in [4.69, 9.17) is 4.74 Å². The van der Waals surface area contributed by atoms with E-state index < -0.39 is 11.2 Å². The Morgan fingerprint density at radius 2 is 1.79 bits per heavy atom. The van der Waals surface area contributed by atoms with Crippen LogP contribution in [0.4, 0.5) is 0 Å². The van der Waals surface area contributed by atoms with Gasteiger partial charge in [-0.15, -0.1) is 0 Å². The van der Waals surface area contributed by atoms with E-state index in [1.54, 1.807) is 24.3 Å². The van der Waals surface area contributed by atoms with Gasteiger partial charge in [-0.05, 0) is 55.2 Å². The fraction of sp³-hybridized carbons (Fsp3) is 0.227. The second kappa shape index (κ2) is 7.97. The molecule has 0 aliphatic heterocycles. The molecule has 0 radical (unpaired) electrons. The Morgan fingerprint density at radius 3 is 2.43 bits per heavy atom. The minimum Gasteiger partial charge on any atom is -0.440 e. The molecule has 0 unspecified atom stereocenters. The van der Waals surface area contributed by atoms with Gasteiger partial charge in [0.15, 0.2) is 0 Å². The zero-order valence-corrected chi connectivity index (χ0v) is 16.1. The molecule has 28 heavy (non-hydrogen) atoms. The summed E-state index contributed by atoms with van der Waals surface area (Å²) in [7, 11) is 0. The normalized spacial score (nSPS) is 10.5. The summed E-state index contributed by atoms with van der Waals surface area (Å²) in [5.41, 5.74) is 2.52. The molecular weight excluding hydrogens is 354 g/mol. The highest BCUT2D eigenvalue weighted by Crippen LogP contribution is 2.26. The number of ether oxygens (including phenoxy) is 1. The molecule has 0 amide bonds. The van der Waals surface area contributed by atoms with E-state index >= 15 is 0 Å². The fourth-order valence-corrected chi connectivity index (χ4v) is 3.21. The predicted octanol–water partition coefficient (Wildman–Crippen LogP) is 3.43. The molecule has 0 aliphatic carbocycles. The molecule has 3 rings (SSSR count). The lowest BCUT2D eigenvalue weighted by Crippen LogP contribution is -2.33. The average Bonchev–Trinajstić information content (AvgIpc) is 2.64. The van der Waals surface area contributed by atoms with E-state index in [9.17, 15) is 14.9 Å². The van der Waals surface area contributed by atoms with Crippen LogP contribution in [0.25, 0.3) is 0 Å². The number of rotatable bonds is 5. The number of hydrogen-bond donors (Lipinski definition) is 1. The smallest absolute Gasteiger partial charge is 0.331 e. The molecule has 1 aromatic heterocycles. The third kappa shape index (κ3) is 3.89. The maximum Gasteiger partial charge on any atom is 0.331 e. The molecule has 3 aromatic rings. The summed E-state index contributed by atoms with van der Waals surface area (Å²) in [6.07, 6.45) is 0.398. The zero-order valence-electron chi connectivity index (χ0n) is 16.1. The number of benzene rings is 2. The van der Waals surface area contributed by atoms with Crippen molar-refractivity contribution in [2.75, 3.05) is 0 Å². The fourth-order valence-electron chi connectivity index (χ4n) is 3.21. The number of aromatic amines is 1. The van der Waals surface area contributed by atoms with Crippen LogP contribution in [0, 0.1) is 25.2 Å². The largest absolute Gasteiger partial charge is 0.440 e. The number of nitrogens with one attached hydrogen (secondary N) is 1. The molecule has 0 fully saturated rings. The first-order valence-corrected chi connectivity index (χ1v) is 9.03. The topological polar surface area (TPSA) is 87.9 Å². The maximum absolute atomic E-state index is 12.6. The SMILES string of the molecule is CCc1c(Oc2cc(C)cc(C)c2)n(Cc2ccccc2C#N)c(=O)[nH]c1=O. The molecule has 0 saturated carbocycles. The van der Waals surface area contributed by atoms with E-state index in [1.807, 2.05) is 39.0 Å². The number of aryl methyl sites for hydroxylation is 2. The molecule has 1 N–H and O–H groups in total. The molecule has 0 atom stereocenters. The highest BCUT2D eigenvalue weighted by Gasteiger charge is 2.17. The van der Waals surface area contributed by atoms with E-state index in [-0.39, 0.29) is 12.4 Å². The minimum atomic E-state index is -0.575. The van der Waals surface area contributed by atoms with Crippen molar-refractivity contribution in [2.24, 2.45) is 0 Å². The van der Waals surface area contributed by atoms with Crippen molar-refractivity contribution >= 4 is 0 Å². The monoisotopic (exact) mass is 375 g/mol. The van der Waals surface area contributed by atoms with Gasteiger partial charge in [-0.1, -0.05) is 31.2 Å². The summed E-state index contributed by atoms with van der Waals surface area (Å²) in [4.78, 5) is 27.3. The molecule has 0 bridgehead atoms. The lowest BCUT2D eigenvalue weighted by atomic mass is 10.1. The molecule has 0 spiro atoms. The van der Waals surface area contributed by atoms with Gasteiger partial charge in [-0.3, -0.25) is 14.3 Å². The number of aromatic nitrogens is 2. The molecule has 0 aliphatic rings. The highest BCUT2D eigenvalue weighted by molar-refractivity contribution is 5.40. The maximum atomic E-state index is 12.6. The Hall–Kier alpha value is -3.59. The summed E-state index contributed by atoms with van der Waals surface area (Å²) < 4.78 is 7.43. The third-order valence-electron chi connectivity index (χ3n) is 4.47. The van der Waals surface area contributed by atoms with Crippen LogP contribution in [-0.4, -0.2) is 9.55 Å². The predicted molar refractivity (Wildman–Crippen MR) is 107 cm³/mol. The van der Waals surface area contributed by atoms with Crippen LogP contribution < -0.4 is 16.0 Å².